The molecule has 0 bridgehead atoms. The Labute approximate surface area is 139 Å². The lowest BCUT2D eigenvalue weighted by molar-refractivity contribution is -0.134. The first-order valence-electron chi connectivity index (χ1n) is 7.81. The number of nitrogens with zero attached hydrogens (tertiary/aromatic N) is 5. The standard InChI is InChI=1S/C17H18FN5O/c1-13(23-5-4-20-12-23)17(24)22-8-6-21(7-9-22)16-3-2-14(11-19)10-15(16)18/h2-5,10,12-13H,6-9H2,1H3/t13-/m1/s1. The van der Waals surface area contributed by atoms with Crippen LogP contribution in [0.1, 0.15) is 18.5 Å². The van der Waals surface area contributed by atoms with E-state index in [0.717, 1.165) is 0 Å². The van der Waals surface area contributed by atoms with Crippen molar-refractivity contribution in [3.8, 4) is 6.07 Å². The van der Waals surface area contributed by atoms with Crippen LogP contribution in [0.2, 0.25) is 0 Å². The molecule has 2 heterocycles. The lowest BCUT2D eigenvalue weighted by Gasteiger charge is -2.37. The van der Waals surface area contributed by atoms with E-state index in [1.807, 2.05) is 17.9 Å². The van der Waals surface area contributed by atoms with Crippen LogP contribution in [0.5, 0.6) is 0 Å². The third-order valence-electron chi connectivity index (χ3n) is 4.34. The summed E-state index contributed by atoms with van der Waals surface area (Å²) in [6.07, 6.45) is 5.05. The van der Waals surface area contributed by atoms with Crippen LogP contribution in [0.3, 0.4) is 0 Å². The Balaban J connectivity index is 1.64. The van der Waals surface area contributed by atoms with E-state index in [-0.39, 0.29) is 11.9 Å². The number of piperazine rings is 1. The minimum absolute atomic E-state index is 0.0351. The minimum atomic E-state index is -0.402. The van der Waals surface area contributed by atoms with Gasteiger partial charge in [0.05, 0.1) is 23.6 Å². The molecule has 1 atom stereocenters. The smallest absolute Gasteiger partial charge is 0.245 e. The van der Waals surface area contributed by atoms with E-state index in [0.29, 0.717) is 37.4 Å². The fraction of sp³-hybridized carbons (Fsp3) is 0.353. The topological polar surface area (TPSA) is 65.2 Å². The van der Waals surface area contributed by atoms with E-state index in [1.165, 1.54) is 6.07 Å². The second-order valence-electron chi connectivity index (χ2n) is 5.78. The van der Waals surface area contributed by atoms with Gasteiger partial charge in [-0.05, 0) is 25.1 Å². The monoisotopic (exact) mass is 327 g/mol. The number of nitriles is 1. The fourth-order valence-electron chi connectivity index (χ4n) is 2.89. The van der Waals surface area contributed by atoms with Crippen molar-refractivity contribution in [3.05, 3.63) is 48.3 Å². The Morgan fingerprint density at radius 1 is 1.33 bits per heavy atom. The van der Waals surface area contributed by atoms with Gasteiger partial charge in [0.2, 0.25) is 5.91 Å². The number of hydrogen-bond acceptors (Lipinski definition) is 4. The van der Waals surface area contributed by atoms with E-state index in [9.17, 15) is 9.18 Å². The summed E-state index contributed by atoms with van der Waals surface area (Å²) >= 11 is 0. The molecular weight excluding hydrogens is 309 g/mol. The Morgan fingerprint density at radius 3 is 2.67 bits per heavy atom. The molecule has 6 nitrogen and oxygen atoms in total. The highest BCUT2D eigenvalue weighted by Crippen LogP contribution is 2.22. The molecule has 7 heteroatoms. The summed E-state index contributed by atoms with van der Waals surface area (Å²) in [5, 5.41) is 8.81. The SMILES string of the molecule is C[C@H](C(=O)N1CCN(c2ccc(C#N)cc2F)CC1)n1ccnc1. The van der Waals surface area contributed by atoms with Crippen molar-refractivity contribution in [2.75, 3.05) is 31.1 Å². The van der Waals surface area contributed by atoms with Crippen molar-refractivity contribution < 1.29 is 9.18 Å². The van der Waals surface area contributed by atoms with Crippen molar-refractivity contribution in [2.24, 2.45) is 0 Å². The lowest BCUT2D eigenvalue weighted by atomic mass is 10.1. The molecule has 0 radical (unpaired) electrons. The Morgan fingerprint density at radius 2 is 2.08 bits per heavy atom. The zero-order valence-corrected chi connectivity index (χ0v) is 13.4. The number of carbonyl (C=O) groups is 1. The van der Waals surface area contributed by atoms with E-state index in [2.05, 4.69) is 4.98 Å². The molecule has 1 amide bonds. The Hall–Kier alpha value is -2.88. The molecule has 124 valence electrons. The van der Waals surface area contributed by atoms with Crippen LogP contribution >= 0.6 is 0 Å². The fourth-order valence-corrected chi connectivity index (χ4v) is 2.89. The van der Waals surface area contributed by atoms with E-state index in [4.69, 9.17) is 5.26 Å². The lowest BCUT2D eigenvalue weighted by Crippen LogP contribution is -2.50. The van der Waals surface area contributed by atoms with Gasteiger partial charge in [-0.1, -0.05) is 0 Å². The van der Waals surface area contributed by atoms with Gasteiger partial charge in [-0.3, -0.25) is 4.79 Å². The Bertz CT molecular complexity index is 760. The first-order valence-corrected chi connectivity index (χ1v) is 7.81. The van der Waals surface area contributed by atoms with Gasteiger partial charge in [-0.2, -0.15) is 5.26 Å². The van der Waals surface area contributed by atoms with Crippen LogP contribution in [0, 0.1) is 17.1 Å². The van der Waals surface area contributed by atoms with Gasteiger partial charge in [-0.15, -0.1) is 0 Å². The van der Waals surface area contributed by atoms with Gasteiger partial charge in [0.1, 0.15) is 11.9 Å². The molecule has 1 fully saturated rings. The number of anilines is 1. The first kappa shape index (κ1) is 16.0. The summed E-state index contributed by atoms with van der Waals surface area (Å²) in [6, 6.07) is 6.10. The zero-order chi connectivity index (χ0) is 17.1. The summed E-state index contributed by atoms with van der Waals surface area (Å²) < 4.78 is 15.9. The van der Waals surface area contributed by atoms with E-state index < -0.39 is 5.82 Å². The predicted molar refractivity (Wildman–Crippen MR) is 86.8 cm³/mol. The third-order valence-corrected chi connectivity index (χ3v) is 4.34. The minimum Gasteiger partial charge on any atom is -0.366 e. The van der Waals surface area contributed by atoms with Crippen molar-refractivity contribution in [3.63, 3.8) is 0 Å². The van der Waals surface area contributed by atoms with Gasteiger partial charge >= 0.3 is 0 Å². The number of aromatic nitrogens is 2. The molecule has 0 N–H and O–H groups in total. The normalized spacial score (nSPS) is 15.9. The molecule has 1 aliphatic heterocycles. The van der Waals surface area contributed by atoms with E-state index in [1.54, 1.807) is 40.3 Å². The zero-order valence-electron chi connectivity index (χ0n) is 13.4. The summed E-state index contributed by atoms with van der Waals surface area (Å²) in [6.45, 7) is 4.04. The molecule has 1 aromatic heterocycles. The average Bonchev–Trinajstić information content (AvgIpc) is 3.15. The predicted octanol–water partition coefficient (Wildman–Crippen LogP) is 1.80. The molecule has 0 aliphatic carbocycles. The first-order chi connectivity index (χ1) is 11.6. The van der Waals surface area contributed by atoms with Gasteiger partial charge in [0.15, 0.2) is 0 Å². The number of halogens is 1. The molecular formula is C17H18FN5O. The summed E-state index contributed by atoms with van der Waals surface area (Å²) in [5.41, 5.74) is 0.781. The highest BCUT2D eigenvalue weighted by molar-refractivity contribution is 5.80. The van der Waals surface area contributed by atoms with Gasteiger partial charge in [0.25, 0.3) is 0 Å². The van der Waals surface area contributed by atoms with Crippen molar-refractivity contribution in [2.45, 2.75) is 13.0 Å². The molecule has 1 aliphatic rings. The molecule has 24 heavy (non-hydrogen) atoms. The number of benzene rings is 1. The van der Waals surface area contributed by atoms with E-state index >= 15 is 0 Å². The molecule has 3 rings (SSSR count). The number of hydrogen-bond donors (Lipinski definition) is 0. The second kappa shape index (κ2) is 6.71. The molecule has 2 aromatic rings. The van der Waals surface area contributed by atoms with Crippen molar-refractivity contribution in [1.29, 1.82) is 5.26 Å². The highest BCUT2D eigenvalue weighted by atomic mass is 19.1. The van der Waals surface area contributed by atoms with Gasteiger partial charge in [-0.25, -0.2) is 9.37 Å². The Kier molecular flexibility index (Phi) is 4.47. The number of amides is 1. The van der Waals surface area contributed by atoms with Gasteiger partial charge in [0, 0.05) is 38.6 Å². The maximum absolute atomic E-state index is 14.1. The number of rotatable bonds is 3. The molecule has 0 saturated carbocycles. The van der Waals surface area contributed by atoms with Crippen LogP contribution in [0.25, 0.3) is 0 Å². The maximum Gasteiger partial charge on any atom is 0.245 e. The third kappa shape index (κ3) is 3.08. The largest absolute Gasteiger partial charge is 0.366 e. The van der Waals surface area contributed by atoms with Crippen molar-refractivity contribution in [1.82, 2.24) is 14.5 Å². The number of carbonyl (C=O) groups excluding carboxylic acids is 1. The summed E-state index contributed by atoms with van der Waals surface area (Å²) in [4.78, 5) is 20.2. The van der Waals surface area contributed by atoms with Crippen LogP contribution < -0.4 is 4.90 Å². The van der Waals surface area contributed by atoms with Crippen molar-refractivity contribution >= 4 is 11.6 Å². The van der Waals surface area contributed by atoms with Crippen LogP contribution in [0.15, 0.2) is 36.9 Å². The maximum atomic E-state index is 14.1. The van der Waals surface area contributed by atoms with Crippen LogP contribution in [-0.4, -0.2) is 46.5 Å². The molecule has 1 aromatic carbocycles. The van der Waals surface area contributed by atoms with Crippen LogP contribution in [-0.2, 0) is 4.79 Å². The van der Waals surface area contributed by atoms with Crippen LogP contribution in [0.4, 0.5) is 10.1 Å². The molecule has 1 saturated heterocycles. The highest BCUT2D eigenvalue weighted by Gasteiger charge is 2.26. The molecule has 0 unspecified atom stereocenters. The average molecular weight is 327 g/mol. The molecule has 0 spiro atoms. The second-order valence-corrected chi connectivity index (χ2v) is 5.78. The van der Waals surface area contributed by atoms with Gasteiger partial charge < -0.3 is 14.4 Å². The number of imidazole rings is 1. The summed E-state index contributed by atoms with van der Waals surface area (Å²) in [7, 11) is 0. The quantitative estimate of drug-likeness (QED) is 0.862. The summed E-state index contributed by atoms with van der Waals surface area (Å²) in [5.74, 6) is -0.367.